The van der Waals surface area contributed by atoms with E-state index in [1.54, 1.807) is 0 Å². The summed E-state index contributed by atoms with van der Waals surface area (Å²) in [7, 11) is 0. The number of nitrogens with two attached hydrogens (primary N) is 1. The normalized spacial score (nSPS) is 16.0. The Morgan fingerprint density at radius 1 is 1.32 bits per heavy atom. The number of nitrogens with one attached hydrogen (secondary N) is 1. The maximum Gasteiger partial charge on any atom is 0.0431 e. The number of aryl methyl sites for hydroxylation is 1. The molecule has 108 valence electrons. The molecule has 0 radical (unpaired) electrons. The Labute approximate surface area is 117 Å². The van der Waals surface area contributed by atoms with Gasteiger partial charge in [0, 0.05) is 24.7 Å². The summed E-state index contributed by atoms with van der Waals surface area (Å²) >= 11 is 0. The Hall–Kier alpha value is -0.900. The van der Waals surface area contributed by atoms with E-state index in [0.717, 1.165) is 25.7 Å². The zero-order valence-electron chi connectivity index (χ0n) is 12.2. The number of aliphatic hydroxyl groups is 1. The van der Waals surface area contributed by atoms with E-state index in [9.17, 15) is 0 Å². The van der Waals surface area contributed by atoms with Crippen molar-refractivity contribution in [2.75, 3.05) is 13.2 Å². The molecule has 2 atom stereocenters. The molecule has 3 heteroatoms. The average molecular weight is 264 g/mol. The molecular weight excluding hydrogens is 236 g/mol. The van der Waals surface area contributed by atoms with Crippen LogP contribution >= 0.6 is 0 Å². The second kappa shape index (κ2) is 8.31. The molecule has 3 nitrogen and oxygen atoms in total. The van der Waals surface area contributed by atoms with Crippen LogP contribution in [-0.4, -0.2) is 29.8 Å². The lowest BCUT2D eigenvalue weighted by Gasteiger charge is -2.33. The highest BCUT2D eigenvalue weighted by Crippen LogP contribution is 2.15. The lowest BCUT2D eigenvalue weighted by atomic mass is 9.92. The van der Waals surface area contributed by atoms with E-state index in [-0.39, 0.29) is 12.1 Å². The van der Waals surface area contributed by atoms with E-state index in [2.05, 4.69) is 43.4 Å². The minimum Gasteiger partial charge on any atom is -0.396 e. The summed E-state index contributed by atoms with van der Waals surface area (Å²) in [5.41, 5.74) is 7.25. The highest BCUT2D eigenvalue weighted by Gasteiger charge is 2.23. The third kappa shape index (κ3) is 6.19. The predicted molar refractivity (Wildman–Crippen MR) is 81.1 cm³/mol. The summed E-state index contributed by atoms with van der Waals surface area (Å²) < 4.78 is 0. The molecule has 0 saturated carbocycles. The molecule has 1 aromatic carbocycles. The van der Waals surface area contributed by atoms with E-state index >= 15 is 0 Å². The molecule has 0 aliphatic heterocycles. The minimum absolute atomic E-state index is 0.0370. The molecule has 0 heterocycles. The van der Waals surface area contributed by atoms with Crippen molar-refractivity contribution >= 4 is 0 Å². The topological polar surface area (TPSA) is 58.3 Å². The fourth-order valence-electron chi connectivity index (χ4n) is 2.36. The second-order valence-corrected chi connectivity index (χ2v) is 5.66. The van der Waals surface area contributed by atoms with E-state index in [1.807, 2.05) is 6.07 Å². The van der Waals surface area contributed by atoms with Crippen molar-refractivity contribution in [3.8, 4) is 0 Å². The van der Waals surface area contributed by atoms with Crippen LogP contribution in [0.15, 0.2) is 30.3 Å². The van der Waals surface area contributed by atoms with Crippen LogP contribution in [0.1, 0.15) is 38.7 Å². The molecule has 0 amide bonds. The van der Waals surface area contributed by atoms with Gasteiger partial charge in [-0.05, 0) is 45.1 Å². The third-order valence-electron chi connectivity index (χ3n) is 3.65. The Morgan fingerprint density at radius 3 is 2.58 bits per heavy atom. The van der Waals surface area contributed by atoms with Gasteiger partial charge in [0.2, 0.25) is 0 Å². The second-order valence-electron chi connectivity index (χ2n) is 5.66. The molecule has 2 unspecified atom stereocenters. The van der Waals surface area contributed by atoms with Crippen molar-refractivity contribution in [3.63, 3.8) is 0 Å². The van der Waals surface area contributed by atoms with Crippen LogP contribution in [0, 0.1) is 0 Å². The first-order valence-electron chi connectivity index (χ1n) is 7.22. The molecular formula is C16H28N2O. The number of rotatable bonds is 9. The van der Waals surface area contributed by atoms with Gasteiger partial charge >= 0.3 is 0 Å². The number of hydrogen-bond donors (Lipinski definition) is 3. The molecule has 19 heavy (non-hydrogen) atoms. The summed E-state index contributed by atoms with van der Waals surface area (Å²) in [5.74, 6) is 0. The van der Waals surface area contributed by atoms with Crippen LogP contribution < -0.4 is 11.1 Å². The van der Waals surface area contributed by atoms with Crippen LogP contribution in [0.2, 0.25) is 0 Å². The van der Waals surface area contributed by atoms with Gasteiger partial charge in [0.05, 0.1) is 0 Å². The van der Waals surface area contributed by atoms with Gasteiger partial charge in [0.1, 0.15) is 0 Å². The first-order valence-corrected chi connectivity index (χ1v) is 7.22. The van der Waals surface area contributed by atoms with E-state index in [0.29, 0.717) is 12.6 Å². The Balaban J connectivity index is 2.45. The van der Waals surface area contributed by atoms with Crippen molar-refractivity contribution in [2.45, 2.75) is 51.1 Å². The van der Waals surface area contributed by atoms with E-state index in [1.165, 1.54) is 5.56 Å². The highest BCUT2D eigenvalue weighted by atomic mass is 16.2. The monoisotopic (exact) mass is 264 g/mol. The van der Waals surface area contributed by atoms with Gasteiger partial charge in [0.15, 0.2) is 0 Å². The lowest BCUT2D eigenvalue weighted by Crippen LogP contribution is -2.52. The van der Waals surface area contributed by atoms with Crippen molar-refractivity contribution in [1.29, 1.82) is 0 Å². The largest absolute Gasteiger partial charge is 0.396 e. The minimum atomic E-state index is -0.0370. The van der Waals surface area contributed by atoms with Crippen LogP contribution in [-0.2, 0) is 6.42 Å². The zero-order chi connectivity index (χ0) is 14.1. The number of hydrogen-bond acceptors (Lipinski definition) is 3. The summed E-state index contributed by atoms with van der Waals surface area (Å²) in [6, 6.07) is 10.9. The van der Waals surface area contributed by atoms with Gasteiger partial charge in [0.25, 0.3) is 0 Å². The summed E-state index contributed by atoms with van der Waals surface area (Å²) in [6.45, 7) is 5.23. The standard InChI is InChI=1S/C16H28N2O/c1-14(7-6-12-19)18-16(2,13-17)11-10-15-8-4-3-5-9-15/h3-5,8-9,14,18-19H,6-7,10-13,17H2,1-2H3. The summed E-state index contributed by atoms with van der Waals surface area (Å²) in [5, 5.41) is 12.5. The molecule has 0 fully saturated rings. The van der Waals surface area contributed by atoms with Gasteiger partial charge < -0.3 is 16.2 Å². The molecule has 1 aromatic rings. The lowest BCUT2D eigenvalue weighted by molar-refractivity contribution is 0.255. The maximum absolute atomic E-state index is 8.87. The molecule has 0 saturated heterocycles. The summed E-state index contributed by atoms with van der Waals surface area (Å²) in [6.07, 6.45) is 3.89. The van der Waals surface area contributed by atoms with Gasteiger partial charge in [-0.1, -0.05) is 30.3 Å². The summed E-state index contributed by atoms with van der Waals surface area (Å²) in [4.78, 5) is 0. The quantitative estimate of drug-likeness (QED) is 0.640. The van der Waals surface area contributed by atoms with Crippen LogP contribution in [0.4, 0.5) is 0 Å². The SMILES string of the molecule is CC(CCCO)NC(C)(CN)CCc1ccccc1. The average Bonchev–Trinajstić information content (AvgIpc) is 2.44. The highest BCUT2D eigenvalue weighted by molar-refractivity contribution is 5.15. The predicted octanol–water partition coefficient (Wildman–Crippen LogP) is 2.09. The molecule has 4 N–H and O–H groups in total. The Bertz CT molecular complexity index is 342. The van der Waals surface area contributed by atoms with Gasteiger partial charge in [-0.15, -0.1) is 0 Å². The van der Waals surface area contributed by atoms with E-state index in [4.69, 9.17) is 10.8 Å². The number of aliphatic hydroxyl groups excluding tert-OH is 1. The van der Waals surface area contributed by atoms with Gasteiger partial charge in [-0.25, -0.2) is 0 Å². The van der Waals surface area contributed by atoms with Crippen molar-refractivity contribution in [2.24, 2.45) is 5.73 Å². The van der Waals surface area contributed by atoms with Crippen molar-refractivity contribution in [1.82, 2.24) is 5.32 Å². The Kier molecular flexibility index (Phi) is 7.06. The molecule has 0 aliphatic rings. The van der Waals surface area contributed by atoms with Crippen molar-refractivity contribution in [3.05, 3.63) is 35.9 Å². The third-order valence-corrected chi connectivity index (χ3v) is 3.65. The fraction of sp³-hybridized carbons (Fsp3) is 0.625. The molecule has 0 spiro atoms. The first-order chi connectivity index (χ1) is 9.09. The van der Waals surface area contributed by atoms with Crippen LogP contribution in [0.25, 0.3) is 0 Å². The van der Waals surface area contributed by atoms with Crippen LogP contribution in [0.5, 0.6) is 0 Å². The fourth-order valence-corrected chi connectivity index (χ4v) is 2.36. The zero-order valence-corrected chi connectivity index (χ0v) is 12.2. The molecule has 0 bridgehead atoms. The first kappa shape index (κ1) is 16.2. The number of benzene rings is 1. The van der Waals surface area contributed by atoms with Gasteiger partial charge in [-0.3, -0.25) is 0 Å². The molecule has 1 rings (SSSR count). The van der Waals surface area contributed by atoms with Crippen molar-refractivity contribution < 1.29 is 5.11 Å². The van der Waals surface area contributed by atoms with E-state index < -0.39 is 0 Å². The Morgan fingerprint density at radius 2 is 2.00 bits per heavy atom. The molecule has 0 aromatic heterocycles. The van der Waals surface area contributed by atoms with Crippen LogP contribution in [0.3, 0.4) is 0 Å². The van der Waals surface area contributed by atoms with Gasteiger partial charge in [-0.2, -0.15) is 0 Å². The molecule has 0 aliphatic carbocycles. The maximum atomic E-state index is 8.87. The smallest absolute Gasteiger partial charge is 0.0431 e.